The lowest BCUT2D eigenvalue weighted by molar-refractivity contribution is -0.124. The highest BCUT2D eigenvalue weighted by atomic mass is 35.5. The summed E-state index contributed by atoms with van der Waals surface area (Å²) in [7, 11) is 0. The van der Waals surface area contributed by atoms with E-state index >= 15 is 0 Å². The molecule has 0 amide bonds. The Balaban J connectivity index is 1.46. The summed E-state index contributed by atoms with van der Waals surface area (Å²) in [5.41, 5.74) is 1.02. The van der Waals surface area contributed by atoms with Gasteiger partial charge in [0.1, 0.15) is 35.9 Å². The SMILES string of the molecule is O=C(OC[C@H](O)[C@@H](O)[C@@H](O)[C@H](O)CO)c1ccc(CCC[C@@H]2[C@@H](CCc3cc(Cl)cc(Cl)c3)[C@H](O)C[C@H]2Cl)s1. The lowest BCUT2D eigenvalue weighted by atomic mass is 9.85. The Morgan fingerprint density at radius 1 is 0.974 bits per heavy atom. The first-order valence-corrected chi connectivity index (χ1v) is 14.9. The van der Waals surface area contributed by atoms with Gasteiger partial charge in [0.05, 0.1) is 12.7 Å². The maximum atomic E-state index is 12.4. The minimum Gasteiger partial charge on any atom is -0.459 e. The normalized spacial score (nSPS) is 24.3. The van der Waals surface area contributed by atoms with Gasteiger partial charge in [0.15, 0.2) is 0 Å². The number of benzene rings is 1. The molecule has 12 heteroatoms. The maximum Gasteiger partial charge on any atom is 0.348 e. The van der Waals surface area contributed by atoms with Gasteiger partial charge in [-0.1, -0.05) is 23.2 Å². The molecule has 0 unspecified atom stereocenters. The van der Waals surface area contributed by atoms with Crippen LogP contribution in [-0.4, -0.2) is 85.7 Å². The van der Waals surface area contributed by atoms with Crippen molar-refractivity contribution in [3.8, 4) is 0 Å². The molecular formula is C27H35Cl3O8S. The predicted molar refractivity (Wildman–Crippen MR) is 151 cm³/mol. The summed E-state index contributed by atoms with van der Waals surface area (Å²) in [6.07, 6.45) is -2.88. The number of aliphatic hydroxyl groups is 6. The van der Waals surface area contributed by atoms with Crippen LogP contribution in [0.5, 0.6) is 0 Å². The van der Waals surface area contributed by atoms with Crippen molar-refractivity contribution >= 4 is 52.1 Å². The van der Waals surface area contributed by atoms with Crippen LogP contribution in [0.2, 0.25) is 10.0 Å². The number of carbonyl (C=O) groups excluding carboxylic acids is 1. The summed E-state index contributed by atoms with van der Waals surface area (Å²) in [5.74, 6) is -0.457. The third-order valence-corrected chi connectivity index (χ3v) is 9.26. The van der Waals surface area contributed by atoms with Crippen molar-refractivity contribution in [3.63, 3.8) is 0 Å². The predicted octanol–water partition coefficient (Wildman–Crippen LogP) is 3.21. The molecule has 1 aliphatic rings. The highest BCUT2D eigenvalue weighted by Crippen LogP contribution is 2.42. The highest BCUT2D eigenvalue weighted by Gasteiger charge is 2.40. The number of rotatable bonds is 14. The molecule has 8 atom stereocenters. The Bertz CT molecular complexity index is 1050. The fraction of sp³-hybridized carbons (Fsp3) is 0.593. The zero-order valence-electron chi connectivity index (χ0n) is 21.2. The molecule has 1 aliphatic carbocycles. The molecule has 1 fully saturated rings. The van der Waals surface area contributed by atoms with Crippen LogP contribution in [0.3, 0.4) is 0 Å². The Kier molecular flexibility index (Phi) is 12.8. The number of hydrogen-bond donors (Lipinski definition) is 6. The summed E-state index contributed by atoms with van der Waals surface area (Å²) >= 11 is 20.1. The first-order chi connectivity index (χ1) is 18.5. The van der Waals surface area contributed by atoms with Crippen LogP contribution in [0.4, 0.5) is 0 Å². The molecule has 0 spiro atoms. The Hall–Kier alpha value is -0.980. The molecule has 2 aromatic rings. The second-order valence-electron chi connectivity index (χ2n) is 10.0. The molecule has 39 heavy (non-hydrogen) atoms. The van der Waals surface area contributed by atoms with Crippen molar-refractivity contribution in [2.45, 2.75) is 74.4 Å². The number of esters is 1. The number of aliphatic hydroxyl groups excluding tert-OH is 6. The smallest absolute Gasteiger partial charge is 0.348 e. The van der Waals surface area contributed by atoms with E-state index < -0.39 is 49.7 Å². The van der Waals surface area contributed by atoms with Crippen molar-refractivity contribution < 1.29 is 40.2 Å². The second kappa shape index (κ2) is 15.3. The summed E-state index contributed by atoms with van der Waals surface area (Å²) in [6, 6.07) is 8.91. The first kappa shape index (κ1) is 32.5. The fourth-order valence-corrected chi connectivity index (χ4v) is 7.06. The minimum atomic E-state index is -1.80. The topological polar surface area (TPSA) is 148 Å². The van der Waals surface area contributed by atoms with Gasteiger partial charge < -0.3 is 35.4 Å². The van der Waals surface area contributed by atoms with E-state index in [9.17, 15) is 30.3 Å². The van der Waals surface area contributed by atoms with Crippen LogP contribution in [0, 0.1) is 11.8 Å². The van der Waals surface area contributed by atoms with E-state index in [1.807, 2.05) is 18.2 Å². The third-order valence-electron chi connectivity index (χ3n) is 7.20. The molecule has 6 N–H and O–H groups in total. The molecule has 0 bridgehead atoms. The molecule has 1 heterocycles. The number of aryl methyl sites for hydroxylation is 2. The van der Waals surface area contributed by atoms with Crippen molar-refractivity contribution in [2.75, 3.05) is 13.2 Å². The van der Waals surface area contributed by atoms with Gasteiger partial charge in [-0.3, -0.25) is 0 Å². The summed E-state index contributed by atoms with van der Waals surface area (Å²) in [6.45, 7) is -1.39. The van der Waals surface area contributed by atoms with Crippen LogP contribution in [0.25, 0.3) is 0 Å². The molecule has 1 aromatic carbocycles. The fourth-order valence-electron chi connectivity index (χ4n) is 5.05. The van der Waals surface area contributed by atoms with E-state index in [0.29, 0.717) is 21.3 Å². The summed E-state index contributed by atoms with van der Waals surface area (Å²) in [4.78, 5) is 13.7. The van der Waals surface area contributed by atoms with Gasteiger partial charge in [-0.25, -0.2) is 4.79 Å². The highest BCUT2D eigenvalue weighted by molar-refractivity contribution is 7.13. The number of alkyl halides is 1. The lowest BCUT2D eigenvalue weighted by Crippen LogP contribution is -2.47. The van der Waals surface area contributed by atoms with Crippen LogP contribution < -0.4 is 0 Å². The van der Waals surface area contributed by atoms with Crippen LogP contribution in [-0.2, 0) is 17.6 Å². The third kappa shape index (κ3) is 9.26. The number of halogens is 3. The number of hydrogen-bond acceptors (Lipinski definition) is 9. The van der Waals surface area contributed by atoms with Crippen molar-refractivity contribution in [1.82, 2.24) is 0 Å². The van der Waals surface area contributed by atoms with E-state index in [-0.39, 0.29) is 17.2 Å². The van der Waals surface area contributed by atoms with E-state index in [0.717, 1.165) is 42.5 Å². The molecule has 1 saturated carbocycles. The van der Waals surface area contributed by atoms with E-state index in [1.54, 1.807) is 12.1 Å². The van der Waals surface area contributed by atoms with Crippen LogP contribution in [0.15, 0.2) is 30.3 Å². The van der Waals surface area contributed by atoms with Gasteiger partial charge in [0.2, 0.25) is 0 Å². The van der Waals surface area contributed by atoms with Crippen LogP contribution in [0.1, 0.15) is 45.8 Å². The molecular weight excluding hydrogens is 591 g/mol. The molecule has 0 saturated heterocycles. The largest absolute Gasteiger partial charge is 0.459 e. The molecule has 3 rings (SSSR count). The zero-order valence-corrected chi connectivity index (χ0v) is 24.3. The standard InChI is InChI=1S/C27H35Cl3O8S/c28-15-8-14(9-16(29)10-15)4-6-19-18(20(30)11-21(19)32)3-1-2-17-5-7-24(39-17)27(37)38-13-23(34)26(36)25(35)22(33)12-31/h5,7-10,18-23,25-26,31-36H,1-4,6,11-13H2/t18-,19-,20-,21-,22-,23+,25+,26-/m1/s1. The average Bonchev–Trinajstić information content (AvgIpc) is 3.47. The zero-order chi connectivity index (χ0) is 28.7. The van der Waals surface area contributed by atoms with Gasteiger partial charge in [0, 0.05) is 20.3 Å². The van der Waals surface area contributed by atoms with Gasteiger partial charge in [0.25, 0.3) is 0 Å². The maximum absolute atomic E-state index is 12.4. The molecule has 0 aliphatic heterocycles. The van der Waals surface area contributed by atoms with Crippen molar-refractivity contribution in [2.24, 2.45) is 11.8 Å². The second-order valence-corrected chi connectivity index (χ2v) is 12.6. The van der Waals surface area contributed by atoms with E-state index in [4.69, 9.17) is 44.6 Å². The first-order valence-electron chi connectivity index (χ1n) is 12.9. The van der Waals surface area contributed by atoms with Gasteiger partial charge in [-0.15, -0.1) is 22.9 Å². The van der Waals surface area contributed by atoms with Crippen LogP contribution >= 0.6 is 46.1 Å². The monoisotopic (exact) mass is 624 g/mol. The molecule has 8 nitrogen and oxygen atoms in total. The Morgan fingerprint density at radius 2 is 1.64 bits per heavy atom. The van der Waals surface area contributed by atoms with E-state index in [2.05, 4.69) is 0 Å². The van der Waals surface area contributed by atoms with Gasteiger partial charge >= 0.3 is 5.97 Å². The molecule has 0 radical (unpaired) electrons. The van der Waals surface area contributed by atoms with Gasteiger partial charge in [-0.2, -0.15) is 0 Å². The summed E-state index contributed by atoms with van der Waals surface area (Å²) in [5, 5.41) is 59.3. The number of carbonyl (C=O) groups is 1. The minimum absolute atomic E-state index is 0.0675. The van der Waals surface area contributed by atoms with Crippen molar-refractivity contribution in [3.05, 3.63) is 55.7 Å². The Labute approximate surface area is 246 Å². The van der Waals surface area contributed by atoms with Gasteiger partial charge in [-0.05, 0) is 86.3 Å². The molecule has 1 aromatic heterocycles. The number of thiophene rings is 1. The van der Waals surface area contributed by atoms with E-state index in [1.165, 1.54) is 11.3 Å². The molecule has 218 valence electrons. The number of ether oxygens (including phenoxy) is 1. The van der Waals surface area contributed by atoms with Crippen molar-refractivity contribution in [1.29, 1.82) is 0 Å². The Morgan fingerprint density at radius 3 is 2.31 bits per heavy atom. The summed E-state index contributed by atoms with van der Waals surface area (Å²) < 4.78 is 5.04. The quantitative estimate of drug-likeness (QED) is 0.139. The average molecular weight is 626 g/mol. The lowest BCUT2D eigenvalue weighted by Gasteiger charge is -2.25.